The van der Waals surface area contributed by atoms with Crippen LogP contribution in [-0.4, -0.2) is 112 Å². The molecule has 8 N–H and O–H groups in total. The first-order valence-corrected chi connectivity index (χ1v) is 53.1. The first-order valence-electron chi connectivity index (χ1n) is 52.3. The van der Waals surface area contributed by atoms with Crippen molar-refractivity contribution in [3.8, 4) is 0 Å². The Bertz CT molecular complexity index is 5370. The van der Waals surface area contributed by atoms with Crippen molar-refractivity contribution in [1.29, 1.82) is 0 Å². The lowest BCUT2D eigenvalue weighted by atomic mass is 9.72. The Morgan fingerprint density at radius 3 is 0.979 bits per heavy atom. The number of likely N-dealkylation sites (N-methyl/N-ethyl adjacent to an activating group) is 1. The van der Waals surface area contributed by atoms with Crippen LogP contribution in [0.4, 0.5) is 0 Å². The van der Waals surface area contributed by atoms with Gasteiger partial charge >= 0.3 is 47.8 Å². The van der Waals surface area contributed by atoms with E-state index in [0.29, 0.717) is 62.7 Å². The Balaban J connectivity index is 0.000000429. The molecule has 0 aliphatic heterocycles. The van der Waals surface area contributed by atoms with Crippen LogP contribution in [0.25, 0.3) is 20.9 Å². The molecule has 0 saturated carbocycles. The van der Waals surface area contributed by atoms with Crippen molar-refractivity contribution in [3.05, 3.63) is 299 Å². The molecule has 0 saturated heterocycles. The highest BCUT2D eigenvalue weighted by atomic mass is 32.1. The van der Waals surface area contributed by atoms with Gasteiger partial charge in [-0.2, -0.15) is 0 Å². The maximum atomic E-state index is 11.5. The van der Waals surface area contributed by atoms with Crippen LogP contribution in [0.1, 0.15) is 308 Å². The number of carboxylic acids is 8. The van der Waals surface area contributed by atoms with Gasteiger partial charge in [0.2, 0.25) is 0 Å². The zero-order chi connectivity index (χ0) is 110. The molecule has 10 aromatic rings. The summed E-state index contributed by atoms with van der Waals surface area (Å²) in [4.78, 5) is 91.4. The predicted molar refractivity (Wildman–Crippen MR) is 605 cm³/mol. The third kappa shape index (κ3) is 58.5. The van der Waals surface area contributed by atoms with Crippen molar-refractivity contribution in [1.82, 2.24) is 4.90 Å². The highest BCUT2D eigenvalue weighted by molar-refractivity contribution is 7.17. The summed E-state index contributed by atoms with van der Waals surface area (Å²) in [6, 6.07) is 82.9. The number of carboxylic acid groups (broad SMARTS) is 8. The molecule has 0 aliphatic rings. The number of rotatable bonds is 39. The number of fused-ring (bicyclic) bond motifs is 2. The van der Waals surface area contributed by atoms with Gasteiger partial charge in [0.25, 0.3) is 0 Å². The van der Waals surface area contributed by atoms with Crippen molar-refractivity contribution < 1.29 is 79.2 Å². The molecule has 0 aliphatic carbocycles. The highest BCUT2D eigenvalue weighted by Gasteiger charge is 2.38. The van der Waals surface area contributed by atoms with Gasteiger partial charge < -0.3 is 40.9 Å². The van der Waals surface area contributed by atoms with Crippen LogP contribution in [0, 0.1) is 90.7 Å². The fourth-order valence-electron chi connectivity index (χ4n) is 19.2. The molecule has 10 atom stereocenters. The Morgan fingerprint density at radius 2 is 0.637 bits per heavy atom. The van der Waals surface area contributed by atoms with Crippen LogP contribution in [0.3, 0.4) is 0 Å². The highest BCUT2D eigenvalue weighted by Crippen LogP contribution is 2.40. The monoisotopic (exact) mass is 2020 g/mol. The molecule has 0 fully saturated rings. The molecule has 18 heteroatoms. The molecule has 146 heavy (non-hydrogen) atoms. The van der Waals surface area contributed by atoms with Crippen LogP contribution in [0.5, 0.6) is 0 Å². The van der Waals surface area contributed by atoms with Gasteiger partial charge in [-0.1, -0.05) is 402 Å². The number of carbonyl (C=O) groups is 8. The minimum absolute atomic E-state index is 0.0158. The first-order chi connectivity index (χ1) is 67.5. The predicted octanol–water partition coefficient (Wildman–Crippen LogP) is 32.0. The van der Waals surface area contributed by atoms with E-state index in [-0.39, 0.29) is 85.9 Å². The van der Waals surface area contributed by atoms with E-state index in [2.05, 4.69) is 236 Å². The van der Waals surface area contributed by atoms with Gasteiger partial charge in [-0.05, 0) is 284 Å². The molecular formula is C128H183NO16S. The summed E-state index contributed by atoms with van der Waals surface area (Å²) in [5.41, 5.74) is 9.65. The van der Waals surface area contributed by atoms with Gasteiger partial charge in [0.05, 0.1) is 29.1 Å². The Hall–Kier alpha value is -11.1. The fourth-order valence-corrected chi connectivity index (χ4v) is 20.2. The molecule has 0 bridgehead atoms. The number of aliphatic carboxylic acids is 8. The standard InChI is InChI=1S/C18H22O2.2C17H26O2.C16H20O2S.C16H24O2.2C15H22O2.C14H21NO2/c1-18(2,3)12-16(17(19)20)11-13-8-9-14-6-4-5-7-15(14)10-13;2*1-13(16(18)19)10-15(12-17(2,3)4)11-14-8-6-5-7-9-14;1-16(2,3)9-11(15(17)18)8-12-10-19-14-7-5-4-6-13(12)14;1-16(2,3)12-14(9-10-15(17)18)11-13-7-5-4-6-8-13;1-14(2,3)11-15(4,13(16)17)10-12-8-6-5-7-9-12;1-15(2,3)11-13(10-14(16)17)9-12-7-5-4-6-8-12;1-14(2,3)15(4)12(13(16)17)10-11-8-6-5-7-9-11/h4-10,16H,11-12H2,1-3H3,(H,19,20);2*5-9,13,15H,10-12H2,1-4H3,(H,18,19);4-7,10-11H,8-9H2,1-3H3,(H,17,18);4-8,14H,9-12H2,1-3H3,(H,17,18);5-9H,10-11H2,1-4H3,(H,16,17);4-8,13H,9-11H2,1-3H3,(H,16,17);5-9,12H,10H2,1-4H3,(H,16,17)/t16-;13-,15+;13-,15-;11-;14-;15-;13-;12-/m10111000/s1. The van der Waals surface area contributed by atoms with E-state index in [4.69, 9.17) is 20.4 Å². The zero-order valence-corrected chi connectivity index (χ0v) is 94.6. The maximum absolute atomic E-state index is 11.5. The summed E-state index contributed by atoms with van der Waals surface area (Å²) >= 11 is 1.69. The van der Waals surface area contributed by atoms with E-state index in [0.717, 1.165) is 92.9 Å². The van der Waals surface area contributed by atoms with Crippen molar-refractivity contribution in [3.63, 3.8) is 0 Å². The quantitative estimate of drug-likeness (QED) is 0.0178. The summed E-state index contributed by atoms with van der Waals surface area (Å²) in [6.07, 6.45) is 15.1. The van der Waals surface area contributed by atoms with Crippen molar-refractivity contribution in [2.24, 2.45) is 90.7 Å². The van der Waals surface area contributed by atoms with Crippen LogP contribution in [0.15, 0.2) is 254 Å². The lowest BCUT2D eigenvalue weighted by Crippen LogP contribution is -2.50. The molecule has 1 aromatic heterocycles. The topological polar surface area (TPSA) is 302 Å². The summed E-state index contributed by atoms with van der Waals surface area (Å²) < 4.78 is 1.23. The maximum Gasteiger partial charge on any atom is 0.321 e. The van der Waals surface area contributed by atoms with Gasteiger partial charge in [-0.25, -0.2) is 0 Å². The van der Waals surface area contributed by atoms with Crippen molar-refractivity contribution >= 4 is 79.9 Å². The van der Waals surface area contributed by atoms with Gasteiger partial charge in [-0.3, -0.25) is 43.3 Å². The summed E-state index contributed by atoms with van der Waals surface area (Å²) in [5, 5.41) is 79.2. The minimum Gasteiger partial charge on any atom is -0.481 e. The molecule has 10 rings (SSSR count). The molecule has 0 amide bonds. The largest absolute Gasteiger partial charge is 0.481 e. The Labute approximate surface area is 881 Å². The average molecular weight is 2020 g/mol. The number of nitrogens with zero attached hydrogens (tertiary/aromatic N) is 1. The molecule has 1 heterocycles. The van der Waals surface area contributed by atoms with Crippen LogP contribution in [-0.2, 0) is 89.7 Å². The van der Waals surface area contributed by atoms with E-state index in [9.17, 15) is 58.8 Å². The number of benzene rings is 9. The molecule has 0 radical (unpaired) electrons. The molecular weight excluding hydrogens is 1840 g/mol. The van der Waals surface area contributed by atoms with E-state index >= 15 is 0 Å². The third-order valence-electron chi connectivity index (χ3n) is 25.2. The number of thiophene rings is 1. The van der Waals surface area contributed by atoms with Gasteiger partial charge in [0.15, 0.2) is 0 Å². The fraction of sp³-hybridized carbons (Fsp3) is 0.516. The molecule has 0 unspecified atom stereocenters. The van der Waals surface area contributed by atoms with Crippen molar-refractivity contribution in [2.75, 3.05) is 7.05 Å². The lowest BCUT2D eigenvalue weighted by molar-refractivity contribution is -0.150. The van der Waals surface area contributed by atoms with Crippen LogP contribution in [0.2, 0.25) is 0 Å². The van der Waals surface area contributed by atoms with E-state index in [1.807, 2.05) is 217 Å². The van der Waals surface area contributed by atoms with Gasteiger partial charge in [0.1, 0.15) is 6.04 Å². The van der Waals surface area contributed by atoms with Gasteiger partial charge in [-0.15, -0.1) is 11.3 Å². The Morgan fingerprint density at radius 1 is 0.308 bits per heavy atom. The van der Waals surface area contributed by atoms with Crippen LogP contribution >= 0.6 is 11.3 Å². The van der Waals surface area contributed by atoms with Crippen LogP contribution < -0.4 is 0 Å². The number of hydrogen-bond acceptors (Lipinski definition) is 10. The second-order valence-corrected chi connectivity index (χ2v) is 51.2. The molecule has 9 aromatic carbocycles. The molecule has 802 valence electrons. The average Bonchev–Trinajstić information content (AvgIpc) is 1.66. The lowest BCUT2D eigenvalue weighted by Gasteiger charge is -2.36. The van der Waals surface area contributed by atoms with E-state index in [1.165, 1.54) is 43.1 Å². The summed E-state index contributed by atoms with van der Waals surface area (Å²) in [5.74, 6) is -5.29. The summed E-state index contributed by atoms with van der Waals surface area (Å²) in [6.45, 7) is 56.7. The van der Waals surface area contributed by atoms with E-state index in [1.54, 1.807) is 11.3 Å². The smallest absolute Gasteiger partial charge is 0.321 e. The van der Waals surface area contributed by atoms with Crippen molar-refractivity contribution in [2.45, 2.75) is 327 Å². The number of hydrogen-bond donors (Lipinski definition) is 8. The third-order valence-corrected chi connectivity index (χ3v) is 26.2. The summed E-state index contributed by atoms with van der Waals surface area (Å²) in [7, 11) is 1.86. The van der Waals surface area contributed by atoms with E-state index < -0.39 is 59.2 Å². The second-order valence-electron chi connectivity index (χ2n) is 50.3. The second kappa shape index (κ2) is 61.6. The first kappa shape index (κ1) is 129. The molecule has 17 nitrogen and oxygen atoms in total. The van der Waals surface area contributed by atoms with Gasteiger partial charge in [0, 0.05) is 23.1 Å². The molecule has 0 spiro atoms. The minimum atomic E-state index is -0.772. The zero-order valence-electron chi connectivity index (χ0n) is 93.8. The normalized spacial score (nSPS) is 14.1. The Kier molecular flexibility index (Phi) is 54.5. The SMILES string of the molecule is CC(C)(C)C[C@@H](Cc1ccc2ccccc2c1)C(=O)O.CC(C)(C)C[C@@H](Cc1csc2ccccc12)C(=O)O.CC(C)(C)C[C@H](CC(=O)O)Cc1ccccc1.CC(C)(C)C[C@H](CCC(=O)O)Cc1ccccc1.CC(C)(C)C[C@](C)(Cc1ccccc1)C(=O)O.CN([C@@H](Cc1ccccc1)C(=O)O)C(C)(C)C.C[C@@H](C[C@H](Cc1ccccc1)CC(C)(C)C)C(=O)O.C[C@H](C[C@H](Cc1ccccc1)CC(C)(C)C)C(=O)O.